The average Bonchev–Trinajstić information content (AvgIpc) is 2.83. The first-order valence-electron chi connectivity index (χ1n) is 11.5. The molecule has 9 heteroatoms. The molecule has 33 heavy (non-hydrogen) atoms. The smallest absolute Gasteiger partial charge is 0.227 e. The molecule has 1 aliphatic heterocycles. The number of fused-ring (bicyclic) bond motifs is 1. The van der Waals surface area contributed by atoms with Gasteiger partial charge in [0, 0.05) is 23.6 Å². The normalized spacial score (nSPS) is 21.8. The number of nitrogens with one attached hydrogen (secondary N) is 2. The minimum atomic E-state index is -0.218. The monoisotopic (exact) mass is 487 g/mol. The number of anilines is 2. The van der Waals surface area contributed by atoms with Crippen LogP contribution in [-0.4, -0.2) is 45.4 Å². The highest BCUT2D eigenvalue weighted by Gasteiger charge is 2.25. The molecule has 3 aromatic rings. The van der Waals surface area contributed by atoms with Crippen molar-refractivity contribution in [1.29, 1.82) is 0 Å². The highest BCUT2D eigenvalue weighted by molar-refractivity contribution is 6.42. The van der Waals surface area contributed by atoms with Gasteiger partial charge in [-0.15, -0.1) is 0 Å². The first kappa shape index (κ1) is 22.6. The Morgan fingerprint density at radius 1 is 0.970 bits per heavy atom. The number of hydrogen-bond donors (Lipinski definition) is 3. The molecule has 2 aromatic heterocycles. The lowest BCUT2D eigenvalue weighted by Crippen LogP contribution is -2.34. The predicted molar refractivity (Wildman–Crippen MR) is 131 cm³/mol. The Morgan fingerprint density at radius 2 is 1.76 bits per heavy atom. The molecular weight excluding hydrogens is 461 g/mol. The Bertz CT molecular complexity index is 1130. The van der Waals surface area contributed by atoms with E-state index in [0.29, 0.717) is 27.8 Å². The van der Waals surface area contributed by atoms with E-state index in [2.05, 4.69) is 15.6 Å². The topological polar surface area (TPSA) is 92.2 Å². The van der Waals surface area contributed by atoms with Crippen molar-refractivity contribution in [2.24, 2.45) is 0 Å². The number of hydrogen-bond acceptors (Lipinski definition) is 7. The van der Waals surface area contributed by atoms with Crippen LogP contribution in [0.2, 0.25) is 10.0 Å². The Balaban J connectivity index is 1.50. The van der Waals surface area contributed by atoms with Crippen LogP contribution in [0.4, 0.5) is 11.6 Å². The second kappa shape index (κ2) is 9.97. The van der Waals surface area contributed by atoms with E-state index in [1.165, 1.54) is 0 Å². The summed E-state index contributed by atoms with van der Waals surface area (Å²) in [4.78, 5) is 14.1. The van der Waals surface area contributed by atoms with E-state index in [9.17, 15) is 5.11 Å². The van der Waals surface area contributed by atoms with Crippen LogP contribution in [0, 0.1) is 0 Å². The highest BCUT2D eigenvalue weighted by Crippen LogP contribution is 2.38. The molecule has 0 bridgehead atoms. The van der Waals surface area contributed by atoms with Gasteiger partial charge in [0.25, 0.3) is 0 Å². The summed E-state index contributed by atoms with van der Waals surface area (Å²) in [5, 5.41) is 18.3. The molecule has 2 fully saturated rings. The molecule has 0 amide bonds. The maximum Gasteiger partial charge on any atom is 0.227 e. The van der Waals surface area contributed by atoms with E-state index in [1.807, 2.05) is 12.3 Å². The number of pyridine rings is 1. The zero-order valence-electron chi connectivity index (χ0n) is 18.2. The zero-order chi connectivity index (χ0) is 22.8. The summed E-state index contributed by atoms with van der Waals surface area (Å²) in [5.41, 5.74) is 2.67. The van der Waals surface area contributed by atoms with Crippen LogP contribution in [0.3, 0.4) is 0 Å². The summed E-state index contributed by atoms with van der Waals surface area (Å²) in [6.45, 7) is 1.89. The molecule has 0 spiro atoms. The summed E-state index contributed by atoms with van der Waals surface area (Å²) in [6, 6.07) is 5.32. The SMILES string of the molecule is OC1CCC(c2cnc(OC3CCNCC3)c3cnc(Nc4ccc(Cl)c(Cl)c4)nc23)CC1. The van der Waals surface area contributed by atoms with Crippen LogP contribution in [-0.2, 0) is 0 Å². The van der Waals surface area contributed by atoms with Crippen molar-refractivity contribution in [1.82, 2.24) is 20.3 Å². The number of aliphatic hydroxyl groups excluding tert-OH is 1. The van der Waals surface area contributed by atoms with Gasteiger partial charge in [0.15, 0.2) is 0 Å². The third-order valence-electron chi connectivity index (χ3n) is 6.49. The first-order chi connectivity index (χ1) is 16.1. The molecule has 2 aliphatic rings. The van der Waals surface area contributed by atoms with Crippen molar-refractivity contribution >= 4 is 45.7 Å². The van der Waals surface area contributed by atoms with Crippen molar-refractivity contribution in [2.45, 2.75) is 56.7 Å². The van der Waals surface area contributed by atoms with Crippen LogP contribution < -0.4 is 15.4 Å². The van der Waals surface area contributed by atoms with Crippen molar-refractivity contribution in [3.63, 3.8) is 0 Å². The molecule has 3 N–H and O–H groups in total. The van der Waals surface area contributed by atoms with Crippen LogP contribution in [0.15, 0.2) is 30.6 Å². The van der Waals surface area contributed by atoms with Crippen molar-refractivity contribution in [3.05, 3.63) is 46.2 Å². The van der Waals surface area contributed by atoms with Gasteiger partial charge in [-0.1, -0.05) is 23.2 Å². The first-order valence-corrected chi connectivity index (χ1v) is 12.3. The van der Waals surface area contributed by atoms with E-state index < -0.39 is 0 Å². The van der Waals surface area contributed by atoms with E-state index >= 15 is 0 Å². The van der Waals surface area contributed by atoms with Gasteiger partial charge in [0.2, 0.25) is 11.8 Å². The van der Waals surface area contributed by atoms with Crippen molar-refractivity contribution in [3.8, 4) is 5.88 Å². The molecule has 0 unspecified atom stereocenters. The summed E-state index contributed by atoms with van der Waals surface area (Å²) in [5.74, 6) is 1.35. The molecule has 5 rings (SSSR count). The number of nitrogens with zero attached hydrogens (tertiary/aromatic N) is 3. The maximum absolute atomic E-state index is 9.97. The van der Waals surface area contributed by atoms with Gasteiger partial charge in [0.1, 0.15) is 6.10 Å². The molecule has 1 aliphatic carbocycles. The number of piperidine rings is 1. The highest BCUT2D eigenvalue weighted by atomic mass is 35.5. The summed E-state index contributed by atoms with van der Waals surface area (Å²) < 4.78 is 6.29. The molecule has 7 nitrogen and oxygen atoms in total. The molecule has 1 saturated heterocycles. The van der Waals surface area contributed by atoms with Gasteiger partial charge in [-0.05, 0) is 75.7 Å². The van der Waals surface area contributed by atoms with Gasteiger partial charge < -0.3 is 20.5 Å². The Kier molecular flexibility index (Phi) is 6.83. The minimum Gasteiger partial charge on any atom is -0.474 e. The van der Waals surface area contributed by atoms with E-state index in [1.54, 1.807) is 18.3 Å². The molecule has 1 aromatic carbocycles. The zero-order valence-corrected chi connectivity index (χ0v) is 19.7. The maximum atomic E-state index is 9.97. The summed E-state index contributed by atoms with van der Waals surface area (Å²) >= 11 is 12.2. The van der Waals surface area contributed by atoms with Gasteiger partial charge in [0.05, 0.1) is 27.1 Å². The Labute approximate surface area is 202 Å². The number of rotatable bonds is 5. The second-order valence-electron chi connectivity index (χ2n) is 8.80. The van der Waals surface area contributed by atoms with Crippen LogP contribution in [0.5, 0.6) is 5.88 Å². The van der Waals surface area contributed by atoms with Crippen LogP contribution in [0.1, 0.15) is 50.0 Å². The van der Waals surface area contributed by atoms with Gasteiger partial charge in [-0.3, -0.25) is 0 Å². The van der Waals surface area contributed by atoms with Crippen molar-refractivity contribution < 1.29 is 9.84 Å². The fraction of sp³-hybridized carbons (Fsp3) is 0.458. The lowest BCUT2D eigenvalue weighted by atomic mass is 9.83. The lowest BCUT2D eigenvalue weighted by molar-refractivity contribution is 0.122. The van der Waals surface area contributed by atoms with E-state index in [4.69, 9.17) is 37.9 Å². The van der Waals surface area contributed by atoms with Crippen molar-refractivity contribution in [2.75, 3.05) is 18.4 Å². The van der Waals surface area contributed by atoms with Crippen LogP contribution in [0.25, 0.3) is 10.9 Å². The number of aliphatic hydroxyl groups is 1. The number of aromatic nitrogens is 3. The summed E-state index contributed by atoms with van der Waals surface area (Å²) in [7, 11) is 0. The fourth-order valence-corrected chi connectivity index (χ4v) is 4.93. The molecule has 1 saturated carbocycles. The third-order valence-corrected chi connectivity index (χ3v) is 7.23. The largest absolute Gasteiger partial charge is 0.474 e. The quantitative estimate of drug-likeness (QED) is 0.453. The lowest BCUT2D eigenvalue weighted by Gasteiger charge is -2.27. The van der Waals surface area contributed by atoms with E-state index in [0.717, 1.165) is 73.8 Å². The summed E-state index contributed by atoms with van der Waals surface area (Å²) in [6.07, 6.45) is 8.89. The Morgan fingerprint density at radius 3 is 2.52 bits per heavy atom. The Hall–Kier alpha value is -2.19. The third kappa shape index (κ3) is 5.17. The van der Waals surface area contributed by atoms with Gasteiger partial charge in [-0.25, -0.2) is 15.0 Å². The number of benzene rings is 1. The second-order valence-corrected chi connectivity index (χ2v) is 9.62. The van der Waals surface area contributed by atoms with Gasteiger partial charge in [-0.2, -0.15) is 0 Å². The van der Waals surface area contributed by atoms with Gasteiger partial charge >= 0.3 is 0 Å². The average molecular weight is 488 g/mol. The predicted octanol–water partition coefficient (Wildman–Crippen LogP) is 5.22. The standard InChI is InChI=1S/C24H27Cl2N5O2/c25-20-6-3-15(11-21(20)26)30-24-29-13-19-22(31-24)18(14-1-4-16(32)5-2-14)12-28-23(19)33-17-7-9-27-10-8-17/h3,6,11-14,16-17,27,32H,1-2,4-5,7-10H2,(H,29,30,31). The molecular formula is C24H27Cl2N5O2. The number of halogens is 2. The number of ether oxygens (including phenoxy) is 1. The van der Waals surface area contributed by atoms with Crippen LogP contribution >= 0.6 is 23.2 Å². The van der Waals surface area contributed by atoms with E-state index in [-0.39, 0.29) is 12.2 Å². The molecule has 0 radical (unpaired) electrons. The molecule has 3 heterocycles. The molecule has 0 atom stereocenters. The minimum absolute atomic E-state index is 0.131. The molecule has 174 valence electrons. The fourth-order valence-electron chi connectivity index (χ4n) is 4.63.